The summed E-state index contributed by atoms with van der Waals surface area (Å²) in [5.41, 5.74) is 7.57. The van der Waals surface area contributed by atoms with Crippen molar-refractivity contribution >= 4 is 39.1 Å². The lowest BCUT2D eigenvalue weighted by atomic mass is 10.1. The van der Waals surface area contributed by atoms with E-state index in [9.17, 15) is 4.79 Å². The van der Waals surface area contributed by atoms with Crippen molar-refractivity contribution in [3.8, 4) is 0 Å². The number of amides is 1. The Bertz CT molecular complexity index is 604. The molecule has 0 saturated carbocycles. The van der Waals surface area contributed by atoms with Gasteiger partial charge in [0.25, 0.3) is 0 Å². The van der Waals surface area contributed by atoms with Crippen molar-refractivity contribution in [3.05, 3.63) is 63.6 Å². The standard InChI is InChI=1S/C15H14BrClN2O/c16-14-11(17)7-4-8-13(14)19-15(20)12(18)9-10-5-2-1-3-6-10/h1-8,12H,9,18H2,(H,19,20). The summed E-state index contributed by atoms with van der Waals surface area (Å²) in [4.78, 5) is 12.1. The van der Waals surface area contributed by atoms with Crippen molar-refractivity contribution in [2.75, 3.05) is 5.32 Å². The summed E-state index contributed by atoms with van der Waals surface area (Å²) in [6.45, 7) is 0. The molecule has 1 unspecified atom stereocenters. The van der Waals surface area contributed by atoms with Crippen LogP contribution in [0.25, 0.3) is 0 Å². The van der Waals surface area contributed by atoms with E-state index in [1.165, 1.54) is 0 Å². The topological polar surface area (TPSA) is 55.1 Å². The van der Waals surface area contributed by atoms with Gasteiger partial charge >= 0.3 is 0 Å². The van der Waals surface area contributed by atoms with Crippen LogP contribution in [0.5, 0.6) is 0 Å². The Hall–Kier alpha value is -1.36. The molecule has 1 amide bonds. The normalized spacial score (nSPS) is 11.9. The minimum absolute atomic E-state index is 0.239. The van der Waals surface area contributed by atoms with Crippen LogP contribution in [-0.4, -0.2) is 11.9 Å². The third-order valence-corrected chi connectivity index (χ3v) is 4.24. The van der Waals surface area contributed by atoms with E-state index in [1.54, 1.807) is 18.2 Å². The number of hydrogen-bond acceptors (Lipinski definition) is 2. The molecule has 0 saturated heterocycles. The SMILES string of the molecule is NC(Cc1ccccc1)C(=O)Nc1cccc(Cl)c1Br. The predicted octanol–water partition coefficient (Wildman–Crippen LogP) is 3.61. The van der Waals surface area contributed by atoms with Crippen molar-refractivity contribution < 1.29 is 4.79 Å². The van der Waals surface area contributed by atoms with Crippen LogP contribution in [-0.2, 0) is 11.2 Å². The molecule has 104 valence electrons. The maximum absolute atomic E-state index is 12.1. The molecule has 0 fully saturated rings. The van der Waals surface area contributed by atoms with Crippen molar-refractivity contribution in [3.63, 3.8) is 0 Å². The first-order valence-electron chi connectivity index (χ1n) is 6.12. The molecule has 0 bridgehead atoms. The van der Waals surface area contributed by atoms with E-state index >= 15 is 0 Å². The number of nitrogens with two attached hydrogens (primary N) is 1. The quantitative estimate of drug-likeness (QED) is 0.882. The Balaban J connectivity index is 2.03. The van der Waals surface area contributed by atoms with Gasteiger partial charge in [-0.25, -0.2) is 0 Å². The van der Waals surface area contributed by atoms with Gasteiger partial charge in [-0.05, 0) is 40.0 Å². The van der Waals surface area contributed by atoms with E-state index in [1.807, 2.05) is 30.3 Å². The summed E-state index contributed by atoms with van der Waals surface area (Å²) < 4.78 is 0.655. The fourth-order valence-corrected chi connectivity index (χ4v) is 2.32. The highest BCUT2D eigenvalue weighted by atomic mass is 79.9. The summed E-state index contributed by atoms with van der Waals surface area (Å²) in [7, 11) is 0. The lowest BCUT2D eigenvalue weighted by molar-refractivity contribution is -0.117. The molecule has 2 aromatic carbocycles. The first-order chi connectivity index (χ1) is 9.58. The van der Waals surface area contributed by atoms with Gasteiger partial charge < -0.3 is 11.1 Å². The number of anilines is 1. The minimum atomic E-state index is -0.608. The molecule has 2 rings (SSSR count). The maximum Gasteiger partial charge on any atom is 0.241 e. The molecule has 3 N–H and O–H groups in total. The monoisotopic (exact) mass is 352 g/mol. The number of carbonyl (C=O) groups excluding carboxylic acids is 1. The van der Waals surface area contributed by atoms with Crippen LogP contribution in [0.2, 0.25) is 5.02 Å². The Morgan fingerprint density at radius 3 is 2.60 bits per heavy atom. The van der Waals surface area contributed by atoms with E-state index in [2.05, 4.69) is 21.2 Å². The molecule has 0 aliphatic rings. The van der Waals surface area contributed by atoms with Gasteiger partial charge in [0, 0.05) is 0 Å². The van der Waals surface area contributed by atoms with Gasteiger partial charge in [0.1, 0.15) is 0 Å². The van der Waals surface area contributed by atoms with Gasteiger partial charge in [0.2, 0.25) is 5.91 Å². The second kappa shape index (κ2) is 6.88. The van der Waals surface area contributed by atoms with Crippen LogP contribution < -0.4 is 11.1 Å². The molecule has 0 aromatic heterocycles. The van der Waals surface area contributed by atoms with Crippen LogP contribution in [0.3, 0.4) is 0 Å². The summed E-state index contributed by atoms with van der Waals surface area (Å²) in [6, 6.07) is 14.3. The largest absolute Gasteiger partial charge is 0.324 e. The number of benzene rings is 2. The van der Waals surface area contributed by atoms with Crippen molar-refractivity contribution in [1.82, 2.24) is 0 Å². The Labute approximate surface area is 131 Å². The Morgan fingerprint density at radius 2 is 1.90 bits per heavy atom. The van der Waals surface area contributed by atoms with Gasteiger partial charge in [-0.15, -0.1) is 0 Å². The molecule has 20 heavy (non-hydrogen) atoms. The molecule has 0 aliphatic heterocycles. The fraction of sp³-hybridized carbons (Fsp3) is 0.133. The first kappa shape index (κ1) is 15.0. The van der Waals surface area contributed by atoms with Crippen molar-refractivity contribution in [2.45, 2.75) is 12.5 Å². The van der Waals surface area contributed by atoms with E-state index in [0.29, 0.717) is 21.6 Å². The highest BCUT2D eigenvalue weighted by Gasteiger charge is 2.15. The molecule has 3 nitrogen and oxygen atoms in total. The molecule has 0 heterocycles. The zero-order valence-corrected chi connectivity index (χ0v) is 13.0. The zero-order valence-electron chi connectivity index (χ0n) is 10.6. The van der Waals surface area contributed by atoms with E-state index in [0.717, 1.165) is 5.56 Å². The van der Waals surface area contributed by atoms with Gasteiger partial charge in [-0.3, -0.25) is 4.79 Å². The first-order valence-corrected chi connectivity index (χ1v) is 7.29. The van der Waals surface area contributed by atoms with Crippen LogP contribution in [0, 0.1) is 0 Å². The lowest BCUT2D eigenvalue weighted by Crippen LogP contribution is -2.37. The van der Waals surface area contributed by atoms with Crippen molar-refractivity contribution in [2.24, 2.45) is 5.73 Å². The van der Waals surface area contributed by atoms with Gasteiger partial charge in [0.15, 0.2) is 0 Å². The average molecular weight is 354 g/mol. The van der Waals surface area contributed by atoms with Crippen LogP contribution >= 0.6 is 27.5 Å². The van der Waals surface area contributed by atoms with Gasteiger partial charge in [0.05, 0.1) is 21.2 Å². The molecule has 5 heteroatoms. The molecular weight excluding hydrogens is 340 g/mol. The highest BCUT2D eigenvalue weighted by molar-refractivity contribution is 9.10. The number of halogens is 2. The number of nitrogens with one attached hydrogen (secondary N) is 1. The third kappa shape index (κ3) is 3.82. The molecule has 0 aliphatic carbocycles. The minimum Gasteiger partial charge on any atom is -0.324 e. The van der Waals surface area contributed by atoms with Crippen molar-refractivity contribution in [1.29, 1.82) is 0 Å². The molecule has 0 radical (unpaired) electrons. The molecule has 0 spiro atoms. The summed E-state index contributed by atoms with van der Waals surface area (Å²) in [5.74, 6) is -0.239. The molecule has 1 atom stereocenters. The number of rotatable bonds is 4. The average Bonchev–Trinajstić information content (AvgIpc) is 2.45. The highest BCUT2D eigenvalue weighted by Crippen LogP contribution is 2.30. The molecule has 2 aromatic rings. The molecular formula is C15H14BrClN2O. The predicted molar refractivity (Wildman–Crippen MR) is 85.9 cm³/mol. The van der Waals surface area contributed by atoms with Crippen LogP contribution in [0.15, 0.2) is 53.0 Å². The van der Waals surface area contributed by atoms with E-state index < -0.39 is 6.04 Å². The maximum atomic E-state index is 12.1. The Morgan fingerprint density at radius 1 is 1.20 bits per heavy atom. The van der Waals surface area contributed by atoms with E-state index in [-0.39, 0.29) is 5.91 Å². The van der Waals surface area contributed by atoms with E-state index in [4.69, 9.17) is 17.3 Å². The summed E-state index contributed by atoms with van der Waals surface area (Å²) in [5, 5.41) is 3.32. The van der Waals surface area contributed by atoms with Crippen LogP contribution in [0.1, 0.15) is 5.56 Å². The summed E-state index contributed by atoms with van der Waals surface area (Å²) >= 11 is 9.31. The van der Waals surface area contributed by atoms with Gasteiger partial charge in [-0.2, -0.15) is 0 Å². The second-order valence-corrected chi connectivity index (χ2v) is 5.59. The Kier molecular flexibility index (Phi) is 5.17. The lowest BCUT2D eigenvalue weighted by Gasteiger charge is -2.13. The number of hydrogen-bond donors (Lipinski definition) is 2. The third-order valence-electron chi connectivity index (χ3n) is 2.84. The number of carbonyl (C=O) groups is 1. The fourth-order valence-electron chi connectivity index (χ4n) is 1.79. The summed E-state index contributed by atoms with van der Waals surface area (Å²) in [6.07, 6.45) is 0.491. The van der Waals surface area contributed by atoms with Crippen LogP contribution in [0.4, 0.5) is 5.69 Å². The smallest absolute Gasteiger partial charge is 0.241 e. The second-order valence-electron chi connectivity index (χ2n) is 4.39. The van der Waals surface area contributed by atoms with Gasteiger partial charge in [-0.1, -0.05) is 48.0 Å². The zero-order chi connectivity index (χ0) is 14.5.